The van der Waals surface area contributed by atoms with Gasteiger partial charge in [0.15, 0.2) is 0 Å². The van der Waals surface area contributed by atoms with Gasteiger partial charge in [-0.25, -0.2) is 8.42 Å². The number of morpholine rings is 1. The molecule has 9 nitrogen and oxygen atoms in total. The van der Waals surface area contributed by atoms with Crippen molar-refractivity contribution in [3.05, 3.63) is 63.2 Å². The number of ether oxygens (including phenoxy) is 1. The van der Waals surface area contributed by atoms with E-state index in [9.17, 15) is 23.3 Å². The van der Waals surface area contributed by atoms with Crippen molar-refractivity contribution >= 4 is 27.3 Å². The van der Waals surface area contributed by atoms with Crippen LogP contribution in [0.15, 0.2) is 41.3 Å². The fourth-order valence-electron chi connectivity index (χ4n) is 3.03. The number of benzene rings is 2. The highest BCUT2D eigenvalue weighted by Gasteiger charge is 2.27. The first-order chi connectivity index (χ1) is 13.7. The second-order valence-electron chi connectivity index (χ2n) is 6.70. The summed E-state index contributed by atoms with van der Waals surface area (Å²) in [7, 11) is -3.73. The third kappa shape index (κ3) is 4.44. The lowest BCUT2D eigenvalue weighted by molar-refractivity contribution is -0.384. The minimum atomic E-state index is -3.73. The fourth-order valence-corrected chi connectivity index (χ4v) is 4.47. The smallest absolute Gasteiger partial charge is 0.269 e. The van der Waals surface area contributed by atoms with E-state index in [4.69, 9.17) is 4.74 Å². The van der Waals surface area contributed by atoms with E-state index in [2.05, 4.69) is 5.32 Å². The minimum Gasteiger partial charge on any atom is -0.379 e. The van der Waals surface area contributed by atoms with Gasteiger partial charge in [0.2, 0.25) is 10.0 Å². The van der Waals surface area contributed by atoms with Gasteiger partial charge >= 0.3 is 0 Å². The Bertz CT molecular complexity index is 1060. The summed E-state index contributed by atoms with van der Waals surface area (Å²) >= 11 is 0. The van der Waals surface area contributed by atoms with E-state index in [1.807, 2.05) is 0 Å². The van der Waals surface area contributed by atoms with Crippen molar-refractivity contribution in [2.24, 2.45) is 0 Å². The number of sulfonamides is 1. The third-order valence-corrected chi connectivity index (χ3v) is 6.63. The molecule has 0 spiro atoms. The molecule has 0 unspecified atom stereocenters. The number of carbonyl (C=O) groups is 1. The zero-order valence-electron chi connectivity index (χ0n) is 16.0. The number of hydrogen-bond acceptors (Lipinski definition) is 6. The number of rotatable bonds is 5. The van der Waals surface area contributed by atoms with Crippen LogP contribution in [0.1, 0.15) is 21.5 Å². The molecule has 1 heterocycles. The van der Waals surface area contributed by atoms with Gasteiger partial charge in [-0.1, -0.05) is 6.07 Å². The second-order valence-corrected chi connectivity index (χ2v) is 8.64. The highest BCUT2D eigenvalue weighted by Crippen LogP contribution is 2.24. The normalized spacial score (nSPS) is 15.1. The van der Waals surface area contributed by atoms with Crippen molar-refractivity contribution < 1.29 is 22.9 Å². The van der Waals surface area contributed by atoms with Crippen LogP contribution in [0.25, 0.3) is 0 Å². The molecule has 0 aromatic heterocycles. The monoisotopic (exact) mass is 419 g/mol. The summed E-state index contributed by atoms with van der Waals surface area (Å²) in [5.74, 6) is -0.488. The highest BCUT2D eigenvalue weighted by atomic mass is 32.2. The van der Waals surface area contributed by atoms with Gasteiger partial charge in [0.05, 0.1) is 23.0 Å². The third-order valence-electron chi connectivity index (χ3n) is 4.73. The Morgan fingerprint density at radius 3 is 2.41 bits per heavy atom. The van der Waals surface area contributed by atoms with Gasteiger partial charge in [-0.3, -0.25) is 14.9 Å². The molecular weight excluding hydrogens is 398 g/mol. The van der Waals surface area contributed by atoms with Crippen LogP contribution in [0.4, 0.5) is 11.4 Å². The van der Waals surface area contributed by atoms with E-state index < -0.39 is 20.9 Å². The standard InChI is InChI=1S/C19H21N3O6S/c1-13-3-5-16(29(26,27)21-7-9-28-10-8-21)12-17(13)19(23)20-18-6-4-15(22(24)25)11-14(18)2/h3-6,11-12H,7-10H2,1-2H3,(H,20,23). The molecule has 29 heavy (non-hydrogen) atoms. The van der Waals surface area contributed by atoms with Gasteiger partial charge in [-0.05, 0) is 43.2 Å². The number of aryl methyl sites for hydroxylation is 2. The molecule has 1 N–H and O–H groups in total. The number of nitrogens with zero attached hydrogens (tertiary/aromatic N) is 2. The maximum absolute atomic E-state index is 12.9. The summed E-state index contributed by atoms with van der Waals surface area (Å²) in [5.41, 5.74) is 1.71. The van der Waals surface area contributed by atoms with Crippen LogP contribution >= 0.6 is 0 Å². The van der Waals surface area contributed by atoms with Crippen LogP contribution in [-0.2, 0) is 14.8 Å². The quantitative estimate of drug-likeness (QED) is 0.587. The molecule has 0 radical (unpaired) electrons. The number of non-ortho nitro benzene ring substituents is 1. The van der Waals surface area contributed by atoms with Crippen LogP contribution in [-0.4, -0.2) is 49.9 Å². The molecule has 0 bridgehead atoms. The van der Waals surface area contributed by atoms with Gasteiger partial charge in [-0.2, -0.15) is 4.31 Å². The highest BCUT2D eigenvalue weighted by molar-refractivity contribution is 7.89. The summed E-state index contributed by atoms with van der Waals surface area (Å²) in [6, 6.07) is 8.54. The van der Waals surface area contributed by atoms with Crippen LogP contribution in [0, 0.1) is 24.0 Å². The van der Waals surface area contributed by atoms with Gasteiger partial charge < -0.3 is 10.1 Å². The Kier molecular flexibility index (Phi) is 5.96. The molecule has 0 saturated carbocycles. The lowest BCUT2D eigenvalue weighted by Gasteiger charge is -2.26. The van der Waals surface area contributed by atoms with Gasteiger partial charge in [0.1, 0.15) is 0 Å². The average Bonchev–Trinajstić information content (AvgIpc) is 2.70. The predicted molar refractivity (Wildman–Crippen MR) is 107 cm³/mol. The van der Waals surface area contributed by atoms with E-state index in [0.717, 1.165) is 0 Å². The molecule has 1 aliphatic rings. The average molecular weight is 419 g/mol. The predicted octanol–water partition coefficient (Wildman–Crippen LogP) is 2.48. The zero-order chi connectivity index (χ0) is 21.2. The SMILES string of the molecule is Cc1cc([N+](=O)[O-])ccc1NC(=O)c1cc(S(=O)(=O)N2CCOCC2)ccc1C. The van der Waals surface area contributed by atoms with E-state index >= 15 is 0 Å². The van der Waals surface area contributed by atoms with E-state index in [1.54, 1.807) is 19.9 Å². The maximum atomic E-state index is 12.9. The summed E-state index contributed by atoms with van der Waals surface area (Å²) < 4.78 is 32.3. The van der Waals surface area contributed by atoms with Crippen molar-refractivity contribution in [3.8, 4) is 0 Å². The van der Waals surface area contributed by atoms with Crippen molar-refractivity contribution in [2.75, 3.05) is 31.6 Å². The number of nitrogens with one attached hydrogen (secondary N) is 1. The molecule has 2 aromatic carbocycles. The van der Waals surface area contributed by atoms with Gasteiger partial charge in [0, 0.05) is 36.5 Å². The maximum Gasteiger partial charge on any atom is 0.269 e. The molecule has 10 heteroatoms. The summed E-state index contributed by atoms with van der Waals surface area (Å²) in [5, 5.41) is 13.6. The number of nitro benzene ring substituents is 1. The van der Waals surface area contributed by atoms with Crippen molar-refractivity contribution in [3.63, 3.8) is 0 Å². The van der Waals surface area contributed by atoms with Crippen LogP contribution in [0.2, 0.25) is 0 Å². The molecule has 1 aliphatic heterocycles. The molecule has 1 fully saturated rings. The Morgan fingerprint density at radius 2 is 1.79 bits per heavy atom. The number of amides is 1. The van der Waals surface area contributed by atoms with Crippen molar-refractivity contribution in [2.45, 2.75) is 18.7 Å². The van der Waals surface area contributed by atoms with Gasteiger partial charge in [0.25, 0.3) is 11.6 Å². The largest absolute Gasteiger partial charge is 0.379 e. The lowest BCUT2D eigenvalue weighted by Crippen LogP contribution is -2.40. The first-order valence-electron chi connectivity index (χ1n) is 8.95. The van der Waals surface area contributed by atoms with Crippen LogP contribution in [0.5, 0.6) is 0 Å². The first-order valence-corrected chi connectivity index (χ1v) is 10.4. The molecule has 0 atom stereocenters. The first kappa shape index (κ1) is 20.9. The van der Waals surface area contributed by atoms with Crippen LogP contribution < -0.4 is 5.32 Å². The fraction of sp³-hybridized carbons (Fsp3) is 0.316. The topological polar surface area (TPSA) is 119 Å². The number of hydrogen-bond donors (Lipinski definition) is 1. The Hall–Kier alpha value is -2.82. The molecule has 1 amide bonds. The van der Waals surface area contributed by atoms with Gasteiger partial charge in [-0.15, -0.1) is 0 Å². The Labute approximate surface area is 168 Å². The Balaban J connectivity index is 1.88. The number of nitro groups is 1. The van der Waals surface area contributed by atoms with E-state index in [0.29, 0.717) is 30.0 Å². The van der Waals surface area contributed by atoms with Crippen molar-refractivity contribution in [1.82, 2.24) is 4.31 Å². The Morgan fingerprint density at radius 1 is 1.10 bits per heavy atom. The molecule has 2 aromatic rings. The second kappa shape index (κ2) is 8.27. The van der Waals surface area contributed by atoms with E-state index in [-0.39, 0.29) is 29.2 Å². The van der Waals surface area contributed by atoms with Crippen molar-refractivity contribution in [1.29, 1.82) is 0 Å². The molecule has 154 valence electrons. The summed E-state index contributed by atoms with van der Waals surface area (Å²) in [6.45, 7) is 4.55. The lowest BCUT2D eigenvalue weighted by atomic mass is 10.1. The molecule has 0 aliphatic carbocycles. The number of anilines is 1. The molecular formula is C19H21N3O6S. The summed E-state index contributed by atoms with van der Waals surface area (Å²) in [6.07, 6.45) is 0. The van der Waals surface area contributed by atoms with Crippen LogP contribution in [0.3, 0.4) is 0 Å². The number of carbonyl (C=O) groups excluding carboxylic acids is 1. The molecule has 1 saturated heterocycles. The van der Waals surface area contributed by atoms with E-state index in [1.165, 1.54) is 34.6 Å². The minimum absolute atomic E-state index is 0.0376. The summed E-state index contributed by atoms with van der Waals surface area (Å²) in [4.78, 5) is 23.2. The zero-order valence-corrected chi connectivity index (χ0v) is 16.9. The molecule has 3 rings (SSSR count).